The Kier molecular flexibility index (Phi) is 9.40. The van der Waals surface area contributed by atoms with Crippen molar-refractivity contribution in [1.82, 2.24) is 5.43 Å². The molecule has 12 heteroatoms. The highest BCUT2D eigenvalue weighted by atomic mass is 35.5. The molecular weight excluding hydrogens is 543 g/mol. The highest BCUT2D eigenvalue weighted by molar-refractivity contribution is 7.92. The third-order valence-corrected chi connectivity index (χ3v) is 7.12. The van der Waals surface area contributed by atoms with Crippen LogP contribution in [-0.4, -0.2) is 33.7 Å². The molecule has 1 amide bonds. The largest absolute Gasteiger partial charge is 0.493 e. The van der Waals surface area contributed by atoms with Crippen LogP contribution in [0.3, 0.4) is 0 Å². The van der Waals surface area contributed by atoms with Crippen molar-refractivity contribution >= 4 is 39.4 Å². The number of carbonyl (C=O) groups excluding carboxylic acids is 1. The minimum Gasteiger partial charge on any atom is -0.493 e. The first-order valence-corrected chi connectivity index (χ1v) is 13.2. The molecule has 7 nitrogen and oxygen atoms in total. The molecule has 0 atom stereocenters. The number of hydrogen-bond acceptors (Lipinski definition) is 5. The number of carbonyl (C=O) groups is 1. The molecule has 0 bridgehead atoms. The molecule has 0 aliphatic carbocycles. The van der Waals surface area contributed by atoms with Gasteiger partial charge >= 0.3 is 6.18 Å². The number of anilines is 1. The predicted octanol–water partition coefficient (Wildman–Crippen LogP) is 5.74. The van der Waals surface area contributed by atoms with Crippen molar-refractivity contribution in [3.8, 4) is 5.75 Å². The van der Waals surface area contributed by atoms with Crippen molar-refractivity contribution in [2.75, 3.05) is 17.5 Å². The SMILES string of the molecule is CC(C)COc1ccc(/C=N\NC(=O)CN(c2cc(C(F)(F)F)ccc2Cl)S(=O)(=O)c2ccccc2)cc1. The molecule has 0 radical (unpaired) electrons. The van der Waals surface area contributed by atoms with E-state index in [1.165, 1.54) is 30.5 Å². The van der Waals surface area contributed by atoms with Crippen LogP contribution in [0.25, 0.3) is 0 Å². The van der Waals surface area contributed by atoms with Gasteiger partial charge in [-0.1, -0.05) is 43.6 Å². The van der Waals surface area contributed by atoms with Gasteiger partial charge in [0, 0.05) is 0 Å². The summed E-state index contributed by atoms with van der Waals surface area (Å²) in [6, 6.07) is 16.1. The van der Waals surface area contributed by atoms with E-state index in [0.29, 0.717) is 34.2 Å². The summed E-state index contributed by atoms with van der Waals surface area (Å²) in [7, 11) is -4.47. The van der Waals surface area contributed by atoms with E-state index in [9.17, 15) is 26.4 Å². The first-order valence-electron chi connectivity index (χ1n) is 11.4. The lowest BCUT2D eigenvalue weighted by Gasteiger charge is -2.25. The summed E-state index contributed by atoms with van der Waals surface area (Å²) in [5, 5.41) is 3.54. The number of rotatable bonds is 10. The number of hydrazone groups is 1. The maximum atomic E-state index is 13.4. The van der Waals surface area contributed by atoms with Crippen molar-refractivity contribution in [2.45, 2.75) is 24.9 Å². The number of sulfonamides is 1. The molecule has 3 rings (SSSR count). The fraction of sp³-hybridized carbons (Fsp3) is 0.231. The van der Waals surface area contributed by atoms with Crippen LogP contribution in [0.15, 0.2) is 82.8 Å². The van der Waals surface area contributed by atoms with Gasteiger partial charge in [-0.15, -0.1) is 0 Å². The molecule has 0 aliphatic rings. The van der Waals surface area contributed by atoms with E-state index in [2.05, 4.69) is 10.5 Å². The minimum absolute atomic E-state index is 0.232. The van der Waals surface area contributed by atoms with E-state index in [1.807, 2.05) is 13.8 Å². The molecule has 0 saturated heterocycles. The van der Waals surface area contributed by atoms with Crippen LogP contribution in [0.2, 0.25) is 5.02 Å². The Hall–Kier alpha value is -3.57. The van der Waals surface area contributed by atoms with Gasteiger partial charge in [0.15, 0.2) is 0 Å². The zero-order chi connectivity index (χ0) is 27.9. The number of ether oxygens (including phenoxy) is 1. The van der Waals surface area contributed by atoms with Gasteiger partial charge in [-0.25, -0.2) is 13.8 Å². The maximum Gasteiger partial charge on any atom is 0.416 e. The van der Waals surface area contributed by atoms with Crippen molar-refractivity contribution in [3.63, 3.8) is 0 Å². The summed E-state index contributed by atoms with van der Waals surface area (Å²) < 4.78 is 72.9. The van der Waals surface area contributed by atoms with Gasteiger partial charge in [-0.3, -0.25) is 9.10 Å². The smallest absolute Gasteiger partial charge is 0.416 e. The van der Waals surface area contributed by atoms with E-state index in [4.69, 9.17) is 16.3 Å². The lowest BCUT2D eigenvalue weighted by molar-refractivity contribution is -0.137. The van der Waals surface area contributed by atoms with Crippen LogP contribution >= 0.6 is 11.6 Å². The number of halogens is 4. The number of alkyl halides is 3. The first kappa shape index (κ1) is 29.0. The Balaban J connectivity index is 1.83. The van der Waals surface area contributed by atoms with Gasteiger partial charge in [0.2, 0.25) is 0 Å². The van der Waals surface area contributed by atoms with Crippen molar-refractivity contribution in [1.29, 1.82) is 0 Å². The van der Waals surface area contributed by atoms with Crippen molar-refractivity contribution in [3.05, 3.63) is 88.9 Å². The molecule has 202 valence electrons. The molecule has 0 unspecified atom stereocenters. The van der Waals surface area contributed by atoms with Gasteiger partial charge in [0.05, 0.1) is 34.0 Å². The van der Waals surface area contributed by atoms with E-state index < -0.39 is 39.9 Å². The van der Waals surface area contributed by atoms with Crippen LogP contribution in [0.4, 0.5) is 18.9 Å². The van der Waals surface area contributed by atoms with Gasteiger partial charge < -0.3 is 4.74 Å². The van der Waals surface area contributed by atoms with E-state index in [0.717, 1.165) is 12.1 Å². The molecule has 3 aromatic carbocycles. The summed E-state index contributed by atoms with van der Waals surface area (Å²) in [6.45, 7) is 3.73. The second-order valence-corrected chi connectivity index (χ2v) is 10.8. The van der Waals surface area contributed by atoms with Gasteiger partial charge in [-0.05, 0) is 66.1 Å². The third-order valence-electron chi connectivity index (χ3n) is 5.03. The molecule has 0 aliphatic heterocycles. The third kappa shape index (κ3) is 7.72. The van der Waals surface area contributed by atoms with Crippen LogP contribution in [0.5, 0.6) is 5.75 Å². The van der Waals surface area contributed by atoms with E-state index in [1.54, 1.807) is 30.3 Å². The number of hydrogen-bond donors (Lipinski definition) is 1. The number of benzene rings is 3. The fourth-order valence-corrected chi connectivity index (χ4v) is 4.88. The number of amides is 1. The molecule has 38 heavy (non-hydrogen) atoms. The highest BCUT2D eigenvalue weighted by Gasteiger charge is 2.34. The number of nitrogens with zero attached hydrogens (tertiary/aromatic N) is 2. The zero-order valence-corrected chi connectivity index (χ0v) is 22.0. The second-order valence-electron chi connectivity index (χ2n) is 8.56. The Morgan fingerprint density at radius 2 is 1.74 bits per heavy atom. The molecule has 0 saturated carbocycles. The normalized spacial score (nSPS) is 12.1. The van der Waals surface area contributed by atoms with E-state index >= 15 is 0 Å². The van der Waals surface area contributed by atoms with Gasteiger partial charge in [-0.2, -0.15) is 18.3 Å². The van der Waals surface area contributed by atoms with Gasteiger partial charge in [0.25, 0.3) is 15.9 Å². The molecule has 0 aromatic heterocycles. The summed E-state index contributed by atoms with van der Waals surface area (Å²) in [4.78, 5) is 12.4. The average molecular weight is 568 g/mol. The minimum atomic E-state index is -4.76. The van der Waals surface area contributed by atoms with Gasteiger partial charge in [0.1, 0.15) is 12.3 Å². The van der Waals surface area contributed by atoms with Crippen molar-refractivity contribution in [2.24, 2.45) is 11.0 Å². The lowest BCUT2D eigenvalue weighted by Crippen LogP contribution is -2.40. The summed E-state index contributed by atoms with van der Waals surface area (Å²) in [5.74, 6) is 0.133. The number of nitrogens with one attached hydrogen (secondary N) is 1. The highest BCUT2D eigenvalue weighted by Crippen LogP contribution is 2.37. The summed E-state index contributed by atoms with van der Waals surface area (Å²) >= 11 is 6.11. The average Bonchev–Trinajstić information content (AvgIpc) is 2.87. The van der Waals surface area contributed by atoms with Crippen molar-refractivity contribution < 1.29 is 31.1 Å². The second kappa shape index (κ2) is 12.3. The quantitative estimate of drug-likeness (QED) is 0.250. The Morgan fingerprint density at radius 3 is 2.34 bits per heavy atom. The monoisotopic (exact) mass is 567 g/mol. The molecule has 0 spiro atoms. The molecular formula is C26H25ClF3N3O4S. The Morgan fingerprint density at radius 1 is 1.08 bits per heavy atom. The van der Waals surface area contributed by atoms with Crippen LogP contribution in [0, 0.1) is 5.92 Å². The lowest BCUT2D eigenvalue weighted by atomic mass is 10.2. The zero-order valence-electron chi connectivity index (χ0n) is 20.4. The molecule has 0 heterocycles. The van der Waals surface area contributed by atoms with Crippen LogP contribution < -0.4 is 14.5 Å². The van der Waals surface area contributed by atoms with Crippen LogP contribution in [0.1, 0.15) is 25.0 Å². The Bertz CT molecular complexity index is 1380. The molecule has 3 aromatic rings. The predicted molar refractivity (Wildman–Crippen MR) is 140 cm³/mol. The topological polar surface area (TPSA) is 88.1 Å². The maximum absolute atomic E-state index is 13.4. The summed E-state index contributed by atoms with van der Waals surface area (Å²) in [6.07, 6.45) is -3.43. The van der Waals surface area contributed by atoms with E-state index in [-0.39, 0.29) is 9.92 Å². The van der Waals surface area contributed by atoms with Crippen LogP contribution in [-0.2, 0) is 21.0 Å². The Labute approximate surface area is 223 Å². The fourth-order valence-electron chi connectivity index (χ4n) is 3.16. The summed E-state index contributed by atoms with van der Waals surface area (Å²) in [5.41, 5.74) is 1.20. The molecule has 1 N–H and O–H groups in total. The first-order chi connectivity index (χ1) is 17.9. The molecule has 0 fully saturated rings. The standard InChI is InChI=1S/C26H25ClF3N3O4S/c1-18(2)17-37-21-11-8-19(9-12-21)15-31-32-25(34)16-33(38(35,36)22-6-4-3-5-7-22)24-14-20(26(28,29)30)10-13-23(24)27/h3-15,18H,16-17H2,1-2H3,(H,32,34)/b31-15-.